The molecule has 2 aliphatic heterocycles. The lowest BCUT2D eigenvalue weighted by atomic mass is 9.88. The van der Waals surface area contributed by atoms with Gasteiger partial charge in [0.25, 0.3) is 0 Å². The first-order valence-corrected chi connectivity index (χ1v) is 9.63. The lowest BCUT2D eigenvalue weighted by Crippen LogP contribution is -2.46. The number of likely N-dealkylation sites (N-methyl/N-ethyl adjacent to an activating group) is 1. The number of H-pyrrole nitrogens is 1. The van der Waals surface area contributed by atoms with E-state index >= 15 is 0 Å². The standard InChI is InChI=1S/C20H24ClN5/c1-26-18(8-3-9-19(26)20-16(21)6-4-10-23-20)17-7-2-5-14(25-17)11-15-12-22-13-24-15/h2,4-6,10,12-13,17-19H,3,7-9,11H2,1H3,(H,22,24)/t17?,18-,19+/m1/s1. The molecule has 0 aromatic carbocycles. The number of nitrogens with one attached hydrogen (secondary N) is 1. The van der Waals surface area contributed by atoms with Crippen LogP contribution < -0.4 is 0 Å². The Morgan fingerprint density at radius 1 is 1.35 bits per heavy atom. The second-order valence-electron chi connectivity index (χ2n) is 7.13. The Balaban J connectivity index is 1.52. The Morgan fingerprint density at radius 2 is 2.27 bits per heavy atom. The van der Waals surface area contributed by atoms with Gasteiger partial charge in [0.05, 0.1) is 29.1 Å². The third-order valence-electron chi connectivity index (χ3n) is 5.48. The number of piperidine rings is 1. The molecular weight excluding hydrogens is 346 g/mol. The molecule has 4 rings (SSSR count). The fourth-order valence-electron chi connectivity index (χ4n) is 4.17. The molecule has 0 aliphatic carbocycles. The van der Waals surface area contributed by atoms with E-state index in [-0.39, 0.29) is 12.1 Å². The van der Waals surface area contributed by atoms with Crippen LogP contribution in [0.25, 0.3) is 0 Å². The van der Waals surface area contributed by atoms with Gasteiger partial charge in [-0.15, -0.1) is 0 Å². The first kappa shape index (κ1) is 17.4. The van der Waals surface area contributed by atoms with Crippen molar-refractivity contribution in [2.24, 2.45) is 4.99 Å². The van der Waals surface area contributed by atoms with Crippen LogP contribution in [-0.2, 0) is 6.42 Å². The number of dihydropyridines is 1. The molecule has 5 nitrogen and oxygen atoms in total. The van der Waals surface area contributed by atoms with Crippen molar-refractivity contribution in [1.29, 1.82) is 0 Å². The lowest BCUT2D eigenvalue weighted by Gasteiger charge is -2.42. The number of aromatic nitrogens is 3. The van der Waals surface area contributed by atoms with E-state index in [1.165, 1.54) is 6.42 Å². The average molecular weight is 370 g/mol. The first-order valence-electron chi connectivity index (χ1n) is 9.25. The molecule has 2 aliphatic rings. The lowest BCUT2D eigenvalue weighted by molar-refractivity contribution is 0.0946. The Hall–Kier alpha value is -1.98. The van der Waals surface area contributed by atoms with Gasteiger partial charge >= 0.3 is 0 Å². The molecule has 1 unspecified atom stereocenters. The third-order valence-corrected chi connectivity index (χ3v) is 5.80. The molecule has 4 heterocycles. The molecule has 0 bridgehead atoms. The second kappa shape index (κ2) is 7.72. The fraction of sp³-hybridized carbons (Fsp3) is 0.450. The summed E-state index contributed by atoms with van der Waals surface area (Å²) in [5.74, 6) is 0. The van der Waals surface area contributed by atoms with Crippen molar-refractivity contribution < 1.29 is 0 Å². The summed E-state index contributed by atoms with van der Waals surface area (Å²) in [6.45, 7) is 0. The number of nitrogens with zero attached hydrogens (tertiary/aromatic N) is 4. The molecule has 3 atom stereocenters. The molecule has 1 fully saturated rings. The Morgan fingerprint density at radius 3 is 3.08 bits per heavy atom. The van der Waals surface area contributed by atoms with Crippen LogP contribution in [0.15, 0.2) is 48.0 Å². The number of aromatic amines is 1. The van der Waals surface area contributed by atoms with E-state index in [0.29, 0.717) is 6.04 Å². The van der Waals surface area contributed by atoms with E-state index in [4.69, 9.17) is 16.6 Å². The zero-order valence-electron chi connectivity index (χ0n) is 15.0. The summed E-state index contributed by atoms with van der Waals surface area (Å²) in [6, 6.07) is 4.79. The van der Waals surface area contributed by atoms with Gasteiger partial charge in [-0.1, -0.05) is 17.7 Å². The molecule has 0 spiro atoms. The van der Waals surface area contributed by atoms with Crippen molar-refractivity contribution in [2.75, 3.05) is 7.05 Å². The number of likely N-dealkylation sites (tertiary alicyclic amines) is 1. The highest BCUT2D eigenvalue weighted by molar-refractivity contribution is 6.31. The number of halogens is 1. The maximum atomic E-state index is 6.42. The maximum Gasteiger partial charge on any atom is 0.0921 e. The quantitative estimate of drug-likeness (QED) is 0.886. The van der Waals surface area contributed by atoms with Crippen molar-refractivity contribution in [2.45, 2.75) is 50.2 Å². The van der Waals surface area contributed by atoms with Crippen LogP contribution in [0.2, 0.25) is 5.02 Å². The summed E-state index contributed by atoms with van der Waals surface area (Å²) >= 11 is 6.42. The minimum absolute atomic E-state index is 0.264. The highest BCUT2D eigenvalue weighted by Gasteiger charge is 2.35. The van der Waals surface area contributed by atoms with Gasteiger partial charge in [0, 0.05) is 36.3 Å². The zero-order chi connectivity index (χ0) is 17.9. The number of allylic oxidation sites excluding steroid dienone is 1. The van der Waals surface area contributed by atoms with Crippen LogP contribution in [0.1, 0.15) is 43.1 Å². The Kier molecular flexibility index (Phi) is 5.18. The molecule has 136 valence electrons. The fourth-order valence-corrected chi connectivity index (χ4v) is 4.42. The Bertz CT molecular complexity index is 798. The number of rotatable bonds is 4. The zero-order valence-corrected chi connectivity index (χ0v) is 15.7. The van der Waals surface area contributed by atoms with Crippen LogP contribution in [0, 0.1) is 0 Å². The van der Waals surface area contributed by atoms with Gasteiger partial charge < -0.3 is 4.98 Å². The van der Waals surface area contributed by atoms with Crippen molar-refractivity contribution in [3.8, 4) is 0 Å². The van der Waals surface area contributed by atoms with Crippen LogP contribution in [0.4, 0.5) is 0 Å². The van der Waals surface area contributed by atoms with Gasteiger partial charge in [-0.25, -0.2) is 4.98 Å². The SMILES string of the molecule is CN1[C@@H](C2CC=CC(Cc3cnc[nH]3)=N2)CCC[C@H]1c1ncccc1Cl. The van der Waals surface area contributed by atoms with Gasteiger partial charge in [0.2, 0.25) is 0 Å². The summed E-state index contributed by atoms with van der Waals surface area (Å²) in [4.78, 5) is 19.3. The number of imidazole rings is 1. The normalized spacial score (nSPS) is 26.7. The molecule has 6 heteroatoms. The molecule has 0 radical (unpaired) electrons. The van der Waals surface area contributed by atoms with Crippen LogP contribution in [0.5, 0.6) is 0 Å². The second-order valence-corrected chi connectivity index (χ2v) is 7.54. The Labute approximate surface area is 159 Å². The first-order chi connectivity index (χ1) is 12.7. The van der Waals surface area contributed by atoms with E-state index in [1.54, 1.807) is 6.33 Å². The average Bonchev–Trinajstić information content (AvgIpc) is 3.16. The van der Waals surface area contributed by atoms with Crippen LogP contribution >= 0.6 is 11.6 Å². The molecular formula is C20H24ClN5. The number of hydrogen-bond donors (Lipinski definition) is 1. The minimum atomic E-state index is 0.264. The monoisotopic (exact) mass is 369 g/mol. The van der Waals surface area contributed by atoms with Crippen molar-refractivity contribution in [3.05, 3.63) is 59.4 Å². The van der Waals surface area contributed by atoms with Crippen molar-refractivity contribution in [1.82, 2.24) is 19.9 Å². The van der Waals surface area contributed by atoms with E-state index in [2.05, 4.69) is 39.1 Å². The molecule has 26 heavy (non-hydrogen) atoms. The predicted molar refractivity (Wildman–Crippen MR) is 105 cm³/mol. The summed E-state index contributed by atoms with van der Waals surface area (Å²) in [5.41, 5.74) is 3.22. The van der Waals surface area contributed by atoms with Crippen molar-refractivity contribution >= 4 is 17.3 Å². The van der Waals surface area contributed by atoms with E-state index in [1.807, 2.05) is 24.5 Å². The molecule has 1 N–H and O–H groups in total. The third kappa shape index (κ3) is 3.60. The van der Waals surface area contributed by atoms with Crippen molar-refractivity contribution in [3.63, 3.8) is 0 Å². The number of pyridine rings is 1. The summed E-state index contributed by atoms with van der Waals surface area (Å²) in [6.07, 6.45) is 15.1. The van der Waals surface area contributed by atoms with Crippen LogP contribution in [0.3, 0.4) is 0 Å². The molecule has 0 amide bonds. The smallest absolute Gasteiger partial charge is 0.0921 e. The van der Waals surface area contributed by atoms with E-state index in [0.717, 1.165) is 47.8 Å². The van der Waals surface area contributed by atoms with Gasteiger partial charge in [0.15, 0.2) is 0 Å². The summed E-state index contributed by atoms with van der Waals surface area (Å²) in [7, 11) is 2.20. The summed E-state index contributed by atoms with van der Waals surface area (Å²) < 4.78 is 0. The highest BCUT2D eigenvalue weighted by Crippen LogP contribution is 2.37. The van der Waals surface area contributed by atoms with Gasteiger partial charge in [-0.3, -0.25) is 14.9 Å². The van der Waals surface area contributed by atoms with Gasteiger partial charge in [-0.05, 0) is 50.9 Å². The highest BCUT2D eigenvalue weighted by atomic mass is 35.5. The number of hydrogen-bond acceptors (Lipinski definition) is 4. The number of aliphatic imine (C=N–C) groups is 1. The van der Waals surface area contributed by atoms with Gasteiger partial charge in [0.1, 0.15) is 0 Å². The largest absolute Gasteiger partial charge is 0.348 e. The molecule has 2 aromatic rings. The van der Waals surface area contributed by atoms with Crippen LogP contribution in [-0.4, -0.2) is 44.7 Å². The van der Waals surface area contributed by atoms with E-state index in [9.17, 15) is 0 Å². The molecule has 1 saturated heterocycles. The van der Waals surface area contributed by atoms with Gasteiger partial charge in [-0.2, -0.15) is 0 Å². The predicted octanol–water partition coefficient (Wildman–Crippen LogP) is 4.00. The summed E-state index contributed by atoms with van der Waals surface area (Å²) in [5, 5.41) is 0.761. The molecule has 2 aromatic heterocycles. The van der Waals surface area contributed by atoms with E-state index < -0.39 is 0 Å². The topological polar surface area (TPSA) is 57.2 Å². The maximum absolute atomic E-state index is 6.42. The minimum Gasteiger partial charge on any atom is -0.348 e. The molecule has 0 saturated carbocycles.